The summed E-state index contributed by atoms with van der Waals surface area (Å²) in [5.41, 5.74) is 1.30. The van der Waals surface area contributed by atoms with Gasteiger partial charge in [0.15, 0.2) is 0 Å². The summed E-state index contributed by atoms with van der Waals surface area (Å²) in [6.45, 7) is 3.94. The molecule has 0 amide bonds. The fourth-order valence-electron chi connectivity index (χ4n) is 3.26. The van der Waals surface area contributed by atoms with Crippen LogP contribution in [0.15, 0.2) is 69.9 Å². The van der Waals surface area contributed by atoms with Gasteiger partial charge in [-0.3, -0.25) is 4.79 Å². The quantitative estimate of drug-likeness (QED) is 0.256. The number of esters is 1. The molecule has 4 aromatic rings. The van der Waals surface area contributed by atoms with Crippen LogP contribution in [-0.4, -0.2) is 12.6 Å². The summed E-state index contributed by atoms with van der Waals surface area (Å²) in [5, 5.41) is 1.28. The maximum atomic E-state index is 13.0. The van der Waals surface area contributed by atoms with E-state index in [0.717, 1.165) is 5.56 Å². The fraction of sp³-hybridized carbons (Fsp3) is 0.154. The monoisotopic (exact) mass is 498 g/mol. The number of hydrogen-bond donors (Lipinski definition) is 0. The predicted molar refractivity (Wildman–Crippen MR) is 130 cm³/mol. The summed E-state index contributed by atoms with van der Waals surface area (Å²) in [7, 11) is 0. The first-order valence-electron chi connectivity index (χ1n) is 10.4. The van der Waals surface area contributed by atoms with Gasteiger partial charge >= 0.3 is 5.97 Å². The van der Waals surface area contributed by atoms with Gasteiger partial charge in [0.1, 0.15) is 29.4 Å². The molecule has 0 spiro atoms. The number of halogens is 2. The first-order valence-corrected chi connectivity index (χ1v) is 11.2. The van der Waals surface area contributed by atoms with Crippen molar-refractivity contribution in [3.05, 3.63) is 97.8 Å². The first-order chi connectivity index (χ1) is 16.4. The van der Waals surface area contributed by atoms with Crippen LogP contribution in [0.3, 0.4) is 0 Å². The van der Waals surface area contributed by atoms with Gasteiger partial charge < -0.3 is 18.6 Å². The molecule has 0 aliphatic rings. The number of carbonyl (C=O) groups excluding carboxylic acids is 1. The van der Waals surface area contributed by atoms with Crippen LogP contribution in [0, 0.1) is 6.92 Å². The molecule has 34 heavy (non-hydrogen) atoms. The van der Waals surface area contributed by atoms with Crippen molar-refractivity contribution in [2.45, 2.75) is 20.5 Å². The molecule has 8 heteroatoms. The van der Waals surface area contributed by atoms with Crippen molar-refractivity contribution in [3.63, 3.8) is 0 Å². The lowest BCUT2D eigenvalue weighted by Crippen LogP contribution is -2.08. The van der Waals surface area contributed by atoms with E-state index < -0.39 is 5.97 Å². The molecular weight excluding hydrogens is 479 g/mol. The third kappa shape index (κ3) is 5.19. The molecule has 0 aliphatic carbocycles. The van der Waals surface area contributed by atoms with E-state index in [1.165, 1.54) is 0 Å². The Hall–Kier alpha value is -3.48. The minimum atomic E-state index is -0.423. The van der Waals surface area contributed by atoms with Crippen LogP contribution in [-0.2, 0) is 11.3 Å². The summed E-state index contributed by atoms with van der Waals surface area (Å²) in [6, 6.07) is 16.6. The number of fused-ring (bicyclic) bond motifs is 1. The van der Waals surface area contributed by atoms with Gasteiger partial charge in [0.25, 0.3) is 0 Å². The van der Waals surface area contributed by atoms with E-state index >= 15 is 0 Å². The Morgan fingerprint density at radius 1 is 0.941 bits per heavy atom. The van der Waals surface area contributed by atoms with Crippen molar-refractivity contribution >= 4 is 40.1 Å². The van der Waals surface area contributed by atoms with E-state index in [0.29, 0.717) is 43.8 Å². The normalized spacial score (nSPS) is 10.8. The van der Waals surface area contributed by atoms with E-state index in [9.17, 15) is 9.59 Å². The van der Waals surface area contributed by atoms with Gasteiger partial charge in [0.05, 0.1) is 27.6 Å². The zero-order valence-electron chi connectivity index (χ0n) is 18.4. The molecule has 0 fully saturated rings. The lowest BCUT2D eigenvalue weighted by Gasteiger charge is -2.11. The first kappa shape index (κ1) is 23.7. The molecule has 0 bridgehead atoms. The lowest BCUT2D eigenvalue weighted by atomic mass is 10.2. The second-order valence-electron chi connectivity index (χ2n) is 7.36. The Labute approximate surface area is 205 Å². The molecule has 4 rings (SSSR count). The average molecular weight is 499 g/mol. The summed E-state index contributed by atoms with van der Waals surface area (Å²) >= 11 is 12.0. The van der Waals surface area contributed by atoms with Crippen LogP contribution in [0.25, 0.3) is 11.0 Å². The third-order valence-electron chi connectivity index (χ3n) is 4.96. The van der Waals surface area contributed by atoms with Gasteiger partial charge in [-0.05, 0) is 67.9 Å². The fourth-order valence-corrected chi connectivity index (χ4v) is 3.58. The van der Waals surface area contributed by atoms with Crippen molar-refractivity contribution in [3.8, 4) is 17.2 Å². The molecule has 0 aliphatic heterocycles. The smallest absolute Gasteiger partial charge is 0.338 e. The molecule has 0 N–H and O–H groups in total. The van der Waals surface area contributed by atoms with Gasteiger partial charge in [-0.2, -0.15) is 0 Å². The van der Waals surface area contributed by atoms with Crippen LogP contribution in [0.1, 0.15) is 28.6 Å². The number of carbonyl (C=O) groups is 1. The Balaban J connectivity index is 1.54. The molecule has 0 atom stereocenters. The summed E-state index contributed by atoms with van der Waals surface area (Å²) in [6.07, 6.45) is 0. The second kappa shape index (κ2) is 10.2. The minimum absolute atomic E-state index is 0.0702. The number of aryl methyl sites for hydroxylation is 1. The molecule has 0 unspecified atom stereocenters. The van der Waals surface area contributed by atoms with E-state index in [4.69, 9.17) is 41.8 Å². The SMILES string of the molecule is CCOC(=O)c1ccc(Oc2c(C)oc3cc(OCc4ccc(Cl)c(Cl)c4)ccc3c2=O)cc1. The second-order valence-corrected chi connectivity index (χ2v) is 8.17. The van der Waals surface area contributed by atoms with Crippen LogP contribution >= 0.6 is 23.2 Å². The Morgan fingerprint density at radius 2 is 1.68 bits per heavy atom. The van der Waals surface area contributed by atoms with Gasteiger partial charge in [-0.25, -0.2) is 4.79 Å². The van der Waals surface area contributed by atoms with Crippen LogP contribution in [0.4, 0.5) is 0 Å². The maximum Gasteiger partial charge on any atom is 0.338 e. The molecule has 174 valence electrons. The topological polar surface area (TPSA) is 75.0 Å². The highest BCUT2D eigenvalue weighted by molar-refractivity contribution is 6.42. The summed E-state index contributed by atoms with van der Waals surface area (Å²) < 4.78 is 22.4. The molecule has 0 radical (unpaired) electrons. The molecule has 0 saturated carbocycles. The highest BCUT2D eigenvalue weighted by atomic mass is 35.5. The highest BCUT2D eigenvalue weighted by Crippen LogP contribution is 2.28. The standard InChI is InChI=1S/C26H20Cl2O6/c1-3-31-26(30)17-5-7-18(8-6-17)34-25-15(2)33-23-13-19(9-10-20(23)24(25)29)32-14-16-4-11-21(27)22(28)12-16/h4-13H,3,14H2,1-2H3. The zero-order valence-corrected chi connectivity index (χ0v) is 19.9. The van der Waals surface area contributed by atoms with Crippen LogP contribution in [0.2, 0.25) is 10.0 Å². The Morgan fingerprint density at radius 3 is 2.38 bits per heavy atom. The van der Waals surface area contributed by atoms with E-state index in [1.807, 2.05) is 6.07 Å². The number of ether oxygens (including phenoxy) is 3. The molecule has 6 nitrogen and oxygen atoms in total. The number of benzene rings is 3. The minimum Gasteiger partial charge on any atom is -0.489 e. The number of rotatable bonds is 7. The van der Waals surface area contributed by atoms with Crippen molar-refractivity contribution in [1.29, 1.82) is 0 Å². The van der Waals surface area contributed by atoms with E-state index in [-0.39, 0.29) is 24.4 Å². The Bertz CT molecular complexity index is 1410. The highest BCUT2D eigenvalue weighted by Gasteiger charge is 2.15. The van der Waals surface area contributed by atoms with Gasteiger partial charge in [0, 0.05) is 6.07 Å². The number of hydrogen-bond acceptors (Lipinski definition) is 6. The van der Waals surface area contributed by atoms with E-state index in [2.05, 4.69) is 0 Å². The van der Waals surface area contributed by atoms with Crippen molar-refractivity contribution in [1.82, 2.24) is 0 Å². The van der Waals surface area contributed by atoms with Gasteiger partial charge in [-0.15, -0.1) is 0 Å². The molecule has 1 heterocycles. The third-order valence-corrected chi connectivity index (χ3v) is 5.70. The van der Waals surface area contributed by atoms with Crippen molar-refractivity contribution in [2.24, 2.45) is 0 Å². The maximum absolute atomic E-state index is 13.0. The lowest BCUT2D eigenvalue weighted by molar-refractivity contribution is 0.0526. The van der Waals surface area contributed by atoms with Crippen molar-refractivity contribution in [2.75, 3.05) is 6.61 Å². The molecular formula is C26H20Cl2O6. The summed E-state index contributed by atoms with van der Waals surface area (Å²) in [5.74, 6) is 0.885. The van der Waals surface area contributed by atoms with Crippen LogP contribution < -0.4 is 14.9 Å². The molecule has 0 saturated heterocycles. The predicted octanol–water partition coefficient (Wildman–Crippen LogP) is 6.96. The van der Waals surface area contributed by atoms with Crippen molar-refractivity contribution < 1.29 is 23.4 Å². The van der Waals surface area contributed by atoms with Gasteiger partial charge in [-0.1, -0.05) is 29.3 Å². The zero-order chi connectivity index (χ0) is 24.2. The average Bonchev–Trinajstić information content (AvgIpc) is 2.83. The van der Waals surface area contributed by atoms with Gasteiger partial charge in [0.2, 0.25) is 11.2 Å². The van der Waals surface area contributed by atoms with E-state index in [1.54, 1.807) is 68.4 Å². The molecule has 3 aromatic carbocycles. The summed E-state index contributed by atoms with van der Waals surface area (Å²) in [4.78, 5) is 24.8. The Kier molecular flexibility index (Phi) is 7.10. The molecule has 1 aromatic heterocycles. The largest absolute Gasteiger partial charge is 0.489 e. The van der Waals surface area contributed by atoms with Crippen LogP contribution in [0.5, 0.6) is 17.2 Å².